The normalized spacial score (nSPS) is 15.7. The number of sulfonamides is 1. The second-order valence-electron chi connectivity index (χ2n) is 4.77. The largest absolute Gasteiger partial charge is 0.491 e. The Bertz CT molecular complexity index is 508. The lowest BCUT2D eigenvalue weighted by atomic mass is 10.3. The Morgan fingerprint density at radius 3 is 2.47 bits per heavy atom. The first-order chi connectivity index (χ1) is 9.04. The van der Waals surface area contributed by atoms with Gasteiger partial charge >= 0.3 is 0 Å². The first kappa shape index (κ1) is 14.3. The van der Waals surface area contributed by atoms with Crippen LogP contribution in [0.5, 0.6) is 5.75 Å². The van der Waals surface area contributed by atoms with E-state index in [9.17, 15) is 8.42 Å². The number of rotatable bonds is 7. The number of hydrogen-bond donors (Lipinski definition) is 1. The highest BCUT2D eigenvalue weighted by Crippen LogP contribution is 2.31. The van der Waals surface area contributed by atoms with E-state index in [1.54, 1.807) is 19.2 Å². The molecule has 1 aliphatic carbocycles. The summed E-state index contributed by atoms with van der Waals surface area (Å²) in [6.07, 6.45) is 2.24. The summed E-state index contributed by atoms with van der Waals surface area (Å²) >= 11 is 0. The van der Waals surface area contributed by atoms with Crippen LogP contribution < -0.4 is 4.74 Å². The van der Waals surface area contributed by atoms with Crippen molar-refractivity contribution in [3.8, 4) is 5.75 Å². The molecule has 0 atom stereocenters. The summed E-state index contributed by atoms with van der Waals surface area (Å²) in [5, 5.41) is 8.65. The highest BCUT2D eigenvalue weighted by Gasteiger charge is 2.29. The summed E-state index contributed by atoms with van der Waals surface area (Å²) in [6.45, 7) is 0.725. The van der Waals surface area contributed by atoms with E-state index in [1.165, 1.54) is 16.4 Å². The first-order valence-corrected chi connectivity index (χ1v) is 7.78. The van der Waals surface area contributed by atoms with E-state index in [0.717, 1.165) is 12.8 Å². The molecular weight excluding hydrogens is 266 g/mol. The zero-order valence-electron chi connectivity index (χ0n) is 10.9. The van der Waals surface area contributed by atoms with Crippen LogP contribution in [0.4, 0.5) is 0 Å². The maximum Gasteiger partial charge on any atom is 0.242 e. The zero-order valence-corrected chi connectivity index (χ0v) is 11.8. The molecule has 1 aliphatic rings. The van der Waals surface area contributed by atoms with Crippen LogP contribution in [0, 0.1) is 5.92 Å². The molecule has 0 saturated heterocycles. The number of aliphatic hydroxyl groups is 1. The molecule has 0 bridgehead atoms. The third kappa shape index (κ3) is 3.68. The molecule has 5 nitrogen and oxygen atoms in total. The number of benzene rings is 1. The summed E-state index contributed by atoms with van der Waals surface area (Å²) in [7, 11) is -1.79. The molecule has 1 aromatic rings. The third-order valence-electron chi connectivity index (χ3n) is 3.10. The van der Waals surface area contributed by atoms with Gasteiger partial charge in [0.25, 0.3) is 0 Å². The molecule has 0 aromatic heterocycles. The lowest BCUT2D eigenvalue weighted by Gasteiger charge is -2.17. The van der Waals surface area contributed by atoms with E-state index in [2.05, 4.69) is 0 Å². The monoisotopic (exact) mass is 285 g/mol. The average Bonchev–Trinajstić information content (AvgIpc) is 3.20. The molecule has 0 radical (unpaired) electrons. The predicted octanol–water partition coefficient (Wildman–Crippen LogP) is 1.09. The molecule has 0 heterocycles. The summed E-state index contributed by atoms with van der Waals surface area (Å²) in [6, 6.07) is 6.28. The molecule has 2 rings (SSSR count). The Balaban J connectivity index is 2.06. The fraction of sp³-hybridized carbons (Fsp3) is 0.538. The second-order valence-corrected chi connectivity index (χ2v) is 6.82. The minimum Gasteiger partial charge on any atom is -0.491 e. The molecule has 1 fully saturated rings. The van der Waals surface area contributed by atoms with Gasteiger partial charge < -0.3 is 9.84 Å². The molecule has 0 aliphatic heterocycles. The van der Waals surface area contributed by atoms with Crippen LogP contribution in [0.25, 0.3) is 0 Å². The van der Waals surface area contributed by atoms with Crippen LogP contribution in [0.15, 0.2) is 29.2 Å². The molecule has 1 aromatic carbocycles. The van der Waals surface area contributed by atoms with Crippen LogP contribution in [0.2, 0.25) is 0 Å². The smallest absolute Gasteiger partial charge is 0.242 e. The van der Waals surface area contributed by atoms with Crippen molar-refractivity contribution in [2.75, 3.05) is 26.8 Å². The summed E-state index contributed by atoms with van der Waals surface area (Å²) in [4.78, 5) is 0.270. The lowest BCUT2D eigenvalue weighted by Crippen LogP contribution is -2.28. The Morgan fingerprint density at radius 1 is 1.32 bits per heavy atom. The highest BCUT2D eigenvalue weighted by atomic mass is 32.2. The van der Waals surface area contributed by atoms with Gasteiger partial charge in [0.2, 0.25) is 10.0 Å². The van der Waals surface area contributed by atoms with Gasteiger partial charge in [-0.2, -0.15) is 0 Å². The van der Waals surface area contributed by atoms with Crippen LogP contribution in [-0.4, -0.2) is 44.6 Å². The van der Waals surface area contributed by atoms with Crippen molar-refractivity contribution < 1.29 is 18.3 Å². The van der Waals surface area contributed by atoms with Gasteiger partial charge in [-0.25, -0.2) is 12.7 Å². The van der Waals surface area contributed by atoms with Crippen molar-refractivity contribution >= 4 is 10.0 Å². The fourth-order valence-electron chi connectivity index (χ4n) is 1.81. The van der Waals surface area contributed by atoms with Crippen molar-refractivity contribution in [2.45, 2.75) is 17.7 Å². The molecule has 106 valence electrons. The van der Waals surface area contributed by atoms with E-state index in [4.69, 9.17) is 9.84 Å². The van der Waals surface area contributed by atoms with Gasteiger partial charge in [0, 0.05) is 13.6 Å². The summed E-state index contributed by atoms with van der Waals surface area (Å²) in [5.41, 5.74) is 0. The standard InChI is InChI=1S/C13H19NO4S/c1-14(10-11-2-3-11)19(16,17)13-6-4-12(5-7-13)18-9-8-15/h4-7,11,15H,2-3,8-10H2,1H3. The van der Waals surface area contributed by atoms with Crippen molar-refractivity contribution in [2.24, 2.45) is 5.92 Å². The quantitative estimate of drug-likeness (QED) is 0.814. The Labute approximate surface area is 113 Å². The molecule has 0 spiro atoms. The van der Waals surface area contributed by atoms with Crippen LogP contribution in [0.3, 0.4) is 0 Å². The van der Waals surface area contributed by atoms with E-state index in [-0.39, 0.29) is 18.1 Å². The van der Waals surface area contributed by atoms with Gasteiger partial charge in [-0.3, -0.25) is 0 Å². The number of hydrogen-bond acceptors (Lipinski definition) is 4. The van der Waals surface area contributed by atoms with Crippen molar-refractivity contribution in [3.05, 3.63) is 24.3 Å². The first-order valence-electron chi connectivity index (χ1n) is 6.34. The maximum absolute atomic E-state index is 12.3. The van der Waals surface area contributed by atoms with Crippen LogP contribution in [-0.2, 0) is 10.0 Å². The topological polar surface area (TPSA) is 66.8 Å². The second kappa shape index (κ2) is 5.90. The SMILES string of the molecule is CN(CC1CC1)S(=O)(=O)c1ccc(OCCO)cc1. The molecule has 0 unspecified atom stereocenters. The highest BCUT2D eigenvalue weighted by molar-refractivity contribution is 7.89. The van der Waals surface area contributed by atoms with E-state index in [0.29, 0.717) is 18.2 Å². The minimum atomic E-state index is -3.40. The van der Waals surface area contributed by atoms with Gasteiger partial charge in [-0.15, -0.1) is 0 Å². The van der Waals surface area contributed by atoms with Gasteiger partial charge in [-0.1, -0.05) is 0 Å². The summed E-state index contributed by atoms with van der Waals surface area (Å²) < 4.78 is 31.1. The average molecular weight is 285 g/mol. The number of aliphatic hydroxyl groups excluding tert-OH is 1. The van der Waals surface area contributed by atoms with Gasteiger partial charge in [-0.05, 0) is 43.0 Å². The van der Waals surface area contributed by atoms with Crippen molar-refractivity contribution in [3.63, 3.8) is 0 Å². The summed E-state index contributed by atoms with van der Waals surface area (Å²) in [5.74, 6) is 1.07. The maximum atomic E-state index is 12.3. The molecule has 1 N–H and O–H groups in total. The number of ether oxygens (including phenoxy) is 1. The van der Waals surface area contributed by atoms with Crippen LogP contribution in [0.1, 0.15) is 12.8 Å². The molecule has 1 saturated carbocycles. The molecular formula is C13H19NO4S. The Kier molecular flexibility index (Phi) is 4.44. The van der Waals surface area contributed by atoms with Gasteiger partial charge in [0.15, 0.2) is 0 Å². The van der Waals surface area contributed by atoms with E-state index < -0.39 is 10.0 Å². The van der Waals surface area contributed by atoms with Crippen LogP contribution >= 0.6 is 0 Å². The molecule has 6 heteroatoms. The fourth-order valence-corrected chi connectivity index (χ4v) is 3.06. The Hall–Kier alpha value is -1.11. The van der Waals surface area contributed by atoms with E-state index >= 15 is 0 Å². The Morgan fingerprint density at radius 2 is 1.95 bits per heavy atom. The van der Waals surface area contributed by atoms with Gasteiger partial charge in [0.05, 0.1) is 11.5 Å². The zero-order chi connectivity index (χ0) is 13.9. The van der Waals surface area contributed by atoms with E-state index in [1.807, 2.05) is 0 Å². The molecule has 0 amide bonds. The lowest BCUT2D eigenvalue weighted by molar-refractivity contribution is 0.201. The third-order valence-corrected chi connectivity index (χ3v) is 4.94. The van der Waals surface area contributed by atoms with Crippen molar-refractivity contribution in [1.82, 2.24) is 4.31 Å². The number of nitrogens with zero attached hydrogens (tertiary/aromatic N) is 1. The predicted molar refractivity (Wildman–Crippen MR) is 71.6 cm³/mol. The van der Waals surface area contributed by atoms with Gasteiger partial charge in [0.1, 0.15) is 12.4 Å². The molecule has 19 heavy (non-hydrogen) atoms. The van der Waals surface area contributed by atoms with Crippen molar-refractivity contribution in [1.29, 1.82) is 0 Å². The minimum absolute atomic E-state index is 0.0653.